The van der Waals surface area contributed by atoms with Gasteiger partial charge in [0.2, 0.25) is 5.91 Å². The maximum atomic E-state index is 11.4. The van der Waals surface area contributed by atoms with Crippen molar-refractivity contribution in [3.05, 3.63) is 24.3 Å². The lowest BCUT2D eigenvalue weighted by molar-refractivity contribution is -0.125. The van der Waals surface area contributed by atoms with Crippen molar-refractivity contribution in [3.8, 4) is 5.75 Å². The highest BCUT2D eigenvalue weighted by Crippen LogP contribution is 2.38. The minimum atomic E-state index is -3.23. The highest BCUT2D eigenvalue weighted by molar-refractivity contribution is 7.90. The Kier molecular flexibility index (Phi) is 3.75. The Balaban J connectivity index is 2.05. The van der Waals surface area contributed by atoms with Gasteiger partial charge in [-0.2, -0.15) is 0 Å². The topological polar surface area (TPSA) is 112 Å². The summed E-state index contributed by atoms with van der Waals surface area (Å²) in [7, 11) is -3.23. The molecule has 1 aliphatic rings. The van der Waals surface area contributed by atoms with E-state index >= 15 is 0 Å². The second kappa shape index (κ2) is 5.06. The van der Waals surface area contributed by atoms with Gasteiger partial charge in [0.1, 0.15) is 17.9 Å². The molecule has 1 aromatic carbocycles. The van der Waals surface area contributed by atoms with Crippen LogP contribution in [-0.2, 0) is 14.6 Å². The van der Waals surface area contributed by atoms with E-state index in [1.165, 1.54) is 24.3 Å². The van der Waals surface area contributed by atoms with Crippen molar-refractivity contribution in [2.24, 2.45) is 17.4 Å². The predicted molar refractivity (Wildman–Crippen MR) is 73.9 cm³/mol. The summed E-state index contributed by atoms with van der Waals surface area (Å²) >= 11 is 0. The van der Waals surface area contributed by atoms with E-state index < -0.39 is 21.3 Å². The second-order valence-electron chi connectivity index (χ2n) is 5.21. The van der Waals surface area contributed by atoms with Crippen molar-refractivity contribution in [1.82, 2.24) is 0 Å². The van der Waals surface area contributed by atoms with Crippen molar-refractivity contribution in [3.63, 3.8) is 0 Å². The summed E-state index contributed by atoms with van der Waals surface area (Å²) in [5.41, 5.74) is 10.2. The smallest absolute Gasteiger partial charge is 0.241 e. The van der Waals surface area contributed by atoms with Crippen molar-refractivity contribution >= 4 is 15.7 Å². The number of hydrogen-bond acceptors (Lipinski definition) is 5. The molecule has 0 spiro atoms. The number of primary amides is 1. The molecule has 1 saturated carbocycles. The van der Waals surface area contributed by atoms with Crippen LogP contribution in [0.25, 0.3) is 0 Å². The Morgan fingerprint density at radius 1 is 1.35 bits per heavy atom. The van der Waals surface area contributed by atoms with Crippen LogP contribution in [0.3, 0.4) is 0 Å². The van der Waals surface area contributed by atoms with Gasteiger partial charge in [-0.1, -0.05) is 0 Å². The van der Waals surface area contributed by atoms with Crippen LogP contribution in [0, 0.1) is 5.92 Å². The number of carbonyl (C=O) groups is 1. The first-order chi connectivity index (χ1) is 9.23. The molecule has 0 aliphatic heterocycles. The van der Waals surface area contributed by atoms with Crippen molar-refractivity contribution in [1.29, 1.82) is 0 Å². The Labute approximate surface area is 118 Å². The van der Waals surface area contributed by atoms with Gasteiger partial charge in [0.15, 0.2) is 9.84 Å². The fourth-order valence-corrected chi connectivity index (χ4v) is 2.60. The molecule has 6 nitrogen and oxygen atoms in total. The number of hydrogen-bond donors (Lipinski definition) is 2. The van der Waals surface area contributed by atoms with Crippen LogP contribution < -0.4 is 16.2 Å². The van der Waals surface area contributed by atoms with E-state index in [-0.39, 0.29) is 17.4 Å². The maximum absolute atomic E-state index is 11.4. The summed E-state index contributed by atoms with van der Waals surface area (Å²) in [5.74, 6) is -0.0582. The fourth-order valence-electron chi connectivity index (χ4n) is 1.97. The Morgan fingerprint density at radius 3 is 2.30 bits per heavy atom. The average Bonchev–Trinajstić information content (AvgIpc) is 3.19. The van der Waals surface area contributed by atoms with Gasteiger partial charge >= 0.3 is 0 Å². The SMILES string of the molecule is CS(=O)(=O)c1ccc(OCC(N)(C(N)=O)C2CC2)cc1. The van der Waals surface area contributed by atoms with Crippen LogP contribution >= 0.6 is 0 Å². The van der Waals surface area contributed by atoms with E-state index in [9.17, 15) is 13.2 Å². The molecule has 0 heterocycles. The van der Waals surface area contributed by atoms with Gasteiger partial charge in [0, 0.05) is 6.26 Å². The van der Waals surface area contributed by atoms with Gasteiger partial charge in [0.25, 0.3) is 0 Å². The number of nitrogens with two attached hydrogens (primary N) is 2. The molecular weight excluding hydrogens is 280 g/mol. The quantitative estimate of drug-likeness (QED) is 0.771. The molecular formula is C13H18N2O4S. The Morgan fingerprint density at radius 2 is 1.90 bits per heavy atom. The third-order valence-corrected chi connectivity index (χ3v) is 4.62. The van der Waals surface area contributed by atoms with Crippen molar-refractivity contribution < 1.29 is 17.9 Å². The standard InChI is InChI=1S/C13H18N2O4S/c1-20(17,18)11-6-4-10(5-7-11)19-8-13(15,12(14)16)9-2-3-9/h4-7,9H,2-3,8,15H2,1H3,(H2,14,16). The van der Waals surface area contributed by atoms with Gasteiger partial charge in [-0.3, -0.25) is 4.79 Å². The van der Waals surface area contributed by atoms with Crippen molar-refractivity contribution in [2.75, 3.05) is 12.9 Å². The van der Waals surface area contributed by atoms with Crippen LogP contribution in [0.2, 0.25) is 0 Å². The van der Waals surface area contributed by atoms with E-state index in [4.69, 9.17) is 16.2 Å². The molecule has 0 radical (unpaired) electrons. The predicted octanol–water partition coefficient (Wildman–Crippen LogP) is 0.0617. The molecule has 1 atom stereocenters. The third kappa shape index (κ3) is 3.10. The maximum Gasteiger partial charge on any atom is 0.241 e. The lowest BCUT2D eigenvalue weighted by Crippen LogP contribution is -2.58. The molecule has 0 aromatic heterocycles. The lowest BCUT2D eigenvalue weighted by atomic mass is 9.95. The highest BCUT2D eigenvalue weighted by Gasteiger charge is 2.47. The van der Waals surface area contributed by atoms with Gasteiger partial charge < -0.3 is 16.2 Å². The molecule has 1 amide bonds. The van der Waals surface area contributed by atoms with Gasteiger partial charge in [0.05, 0.1) is 4.90 Å². The normalized spacial score (nSPS) is 18.3. The van der Waals surface area contributed by atoms with Crippen LogP contribution in [0.5, 0.6) is 5.75 Å². The monoisotopic (exact) mass is 298 g/mol. The number of sulfone groups is 1. The van der Waals surface area contributed by atoms with Gasteiger partial charge in [-0.15, -0.1) is 0 Å². The van der Waals surface area contributed by atoms with Crippen molar-refractivity contribution in [2.45, 2.75) is 23.3 Å². The zero-order valence-corrected chi connectivity index (χ0v) is 12.0. The molecule has 1 unspecified atom stereocenters. The summed E-state index contributed by atoms with van der Waals surface area (Å²) in [5, 5.41) is 0. The first-order valence-electron chi connectivity index (χ1n) is 6.25. The molecule has 1 fully saturated rings. The zero-order chi connectivity index (χ0) is 15.0. The number of ether oxygens (including phenoxy) is 1. The zero-order valence-electron chi connectivity index (χ0n) is 11.2. The fraction of sp³-hybridized carbons (Fsp3) is 0.462. The first-order valence-corrected chi connectivity index (χ1v) is 8.14. The number of benzene rings is 1. The average molecular weight is 298 g/mol. The second-order valence-corrected chi connectivity index (χ2v) is 7.23. The number of rotatable bonds is 6. The van der Waals surface area contributed by atoms with Gasteiger partial charge in [-0.25, -0.2) is 8.42 Å². The molecule has 1 aromatic rings. The van der Waals surface area contributed by atoms with E-state index in [2.05, 4.69) is 0 Å². The summed E-state index contributed by atoms with van der Waals surface area (Å²) < 4.78 is 28.1. The molecule has 110 valence electrons. The van der Waals surface area contributed by atoms with Crippen LogP contribution in [0.4, 0.5) is 0 Å². The van der Waals surface area contributed by atoms with E-state index in [0.717, 1.165) is 19.1 Å². The largest absolute Gasteiger partial charge is 0.491 e. The van der Waals surface area contributed by atoms with E-state index in [1.54, 1.807) is 0 Å². The summed E-state index contributed by atoms with van der Waals surface area (Å²) in [4.78, 5) is 11.7. The highest BCUT2D eigenvalue weighted by atomic mass is 32.2. The number of amides is 1. The minimum Gasteiger partial charge on any atom is -0.491 e. The molecule has 7 heteroatoms. The van der Waals surface area contributed by atoms with E-state index in [1.807, 2.05) is 0 Å². The Bertz CT molecular complexity index is 608. The summed E-state index contributed by atoms with van der Waals surface area (Å²) in [6.45, 7) is -0.00871. The molecule has 1 aliphatic carbocycles. The minimum absolute atomic E-state index is 0.00871. The van der Waals surface area contributed by atoms with Crippen LogP contribution in [-0.4, -0.2) is 32.7 Å². The van der Waals surface area contributed by atoms with Crippen LogP contribution in [0.1, 0.15) is 12.8 Å². The first kappa shape index (κ1) is 14.8. The molecule has 0 bridgehead atoms. The lowest BCUT2D eigenvalue weighted by Gasteiger charge is -2.25. The number of carbonyl (C=O) groups excluding carboxylic acids is 1. The molecule has 0 saturated heterocycles. The molecule has 4 N–H and O–H groups in total. The Hall–Kier alpha value is -1.60. The molecule has 2 rings (SSSR count). The van der Waals surface area contributed by atoms with Gasteiger partial charge in [-0.05, 0) is 43.0 Å². The molecule has 20 heavy (non-hydrogen) atoms. The summed E-state index contributed by atoms with van der Waals surface area (Å²) in [6.07, 6.45) is 2.87. The van der Waals surface area contributed by atoms with Crippen LogP contribution in [0.15, 0.2) is 29.2 Å². The summed E-state index contributed by atoms with van der Waals surface area (Å²) in [6, 6.07) is 5.96. The third-order valence-electron chi connectivity index (χ3n) is 3.49. The van der Waals surface area contributed by atoms with E-state index in [0.29, 0.717) is 5.75 Å².